The largest absolute Gasteiger partial charge is 0.286 e. The molecule has 0 aliphatic carbocycles. The summed E-state index contributed by atoms with van der Waals surface area (Å²) in [6.07, 6.45) is 0.715. The molecular formula is C2H7IO3S. The van der Waals surface area contributed by atoms with Gasteiger partial charge < -0.3 is 0 Å². The van der Waals surface area contributed by atoms with Gasteiger partial charge in [0.15, 0.2) is 0 Å². The highest BCUT2D eigenvalue weighted by atomic mass is 127. The zero-order valence-electron chi connectivity index (χ0n) is 4.05. The van der Waals surface area contributed by atoms with Crippen LogP contribution in [0.2, 0.25) is 0 Å². The summed E-state index contributed by atoms with van der Waals surface area (Å²) in [6, 6.07) is 0. The lowest BCUT2D eigenvalue weighted by molar-refractivity contribution is 0.490. The van der Waals surface area contributed by atoms with Crippen LogP contribution in [0.25, 0.3) is 0 Å². The van der Waals surface area contributed by atoms with Crippen molar-refractivity contribution >= 4 is 32.7 Å². The maximum absolute atomic E-state index is 9.19. The minimum Gasteiger partial charge on any atom is -0.286 e. The Kier molecular flexibility index (Phi) is 7.25. The second-order valence-corrected chi connectivity index (χ2v) is 2.20. The average molecular weight is 238 g/mol. The highest BCUT2D eigenvalue weighted by molar-refractivity contribution is 14.1. The van der Waals surface area contributed by atoms with Gasteiger partial charge in [-0.2, -0.15) is 8.42 Å². The van der Waals surface area contributed by atoms with E-state index in [0.29, 0.717) is 6.26 Å². The van der Waals surface area contributed by atoms with E-state index in [1.54, 1.807) is 0 Å². The van der Waals surface area contributed by atoms with Crippen LogP contribution in [0.5, 0.6) is 0 Å². The predicted molar refractivity (Wildman–Crippen MR) is 37.4 cm³/mol. The first-order valence-corrected chi connectivity index (χ1v) is 5.31. The monoisotopic (exact) mass is 238 g/mol. The first kappa shape index (κ1) is 10.6. The number of hydrogen-bond acceptors (Lipinski definition) is 2. The van der Waals surface area contributed by atoms with Gasteiger partial charge in [-0.1, -0.05) is 22.6 Å². The van der Waals surface area contributed by atoms with E-state index in [2.05, 4.69) is 22.6 Å². The summed E-state index contributed by atoms with van der Waals surface area (Å²) in [6.45, 7) is 0. The third-order valence-corrected chi connectivity index (χ3v) is 0. The van der Waals surface area contributed by atoms with E-state index >= 15 is 0 Å². The van der Waals surface area contributed by atoms with Crippen LogP contribution in [-0.2, 0) is 10.1 Å². The number of alkyl halides is 1. The van der Waals surface area contributed by atoms with Crippen LogP contribution < -0.4 is 0 Å². The maximum atomic E-state index is 9.19. The highest BCUT2D eigenvalue weighted by Crippen LogP contribution is 1.60. The lowest BCUT2D eigenvalue weighted by Gasteiger charge is -1.69. The van der Waals surface area contributed by atoms with Crippen molar-refractivity contribution in [1.29, 1.82) is 0 Å². The molecule has 5 heteroatoms. The Bertz CT molecular complexity index is 96.1. The molecule has 3 nitrogen and oxygen atoms in total. The predicted octanol–water partition coefficient (Wildman–Crippen LogP) is 0.555. The Morgan fingerprint density at radius 3 is 1.43 bits per heavy atom. The molecule has 0 rings (SSSR count). The fourth-order valence-corrected chi connectivity index (χ4v) is 0. The number of rotatable bonds is 0. The average Bonchev–Trinajstić information content (AvgIpc) is 1.36. The first-order chi connectivity index (χ1) is 3.00. The molecule has 0 aromatic carbocycles. The standard InChI is InChI=1S/CH3I.CH4O3S/c1-2;1-5(2,3)4/h1H3;1H3,(H,2,3,4). The second-order valence-electron chi connectivity index (χ2n) is 0.733. The van der Waals surface area contributed by atoms with Crippen molar-refractivity contribution < 1.29 is 13.0 Å². The molecule has 0 spiro atoms. The van der Waals surface area contributed by atoms with E-state index < -0.39 is 10.1 Å². The van der Waals surface area contributed by atoms with Crippen LogP contribution in [-0.4, -0.2) is 24.2 Å². The van der Waals surface area contributed by atoms with Crippen LogP contribution in [0.3, 0.4) is 0 Å². The van der Waals surface area contributed by atoms with Crippen molar-refractivity contribution in [1.82, 2.24) is 0 Å². The Morgan fingerprint density at radius 2 is 1.43 bits per heavy atom. The van der Waals surface area contributed by atoms with Crippen LogP contribution in [0.1, 0.15) is 0 Å². The summed E-state index contributed by atoms with van der Waals surface area (Å²) in [4.78, 5) is 1.97. The summed E-state index contributed by atoms with van der Waals surface area (Å²) in [7, 11) is -3.67. The summed E-state index contributed by atoms with van der Waals surface area (Å²) < 4.78 is 25.9. The third-order valence-electron chi connectivity index (χ3n) is 0. The smallest absolute Gasteiger partial charge is 0.261 e. The van der Waals surface area contributed by atoms with Gasteiger partial charge in [-0.3, -0.25) is 4.55 Å². The van der Waals surface area contributed by atoms with Crippen molar-refractivity contribution in [2.75, 3.05) is 11.2 Å². The molecule has 0 aliphatic rings. The van der Waals surface area contributed by atoms with Crippen LogP contribution >= 0.6 is 22.6 Å². The number of halogens is 1. The minimum atomic E-state index is -3.67. The Balaban J connectivity index is 0. The van der Waals surface area contributed by atoms with Gasteiger partial charge in [-0.15, -0.1) is 0 Å². The van der Waals surface area contributed by atoms with E-state index in [1.807, 2.05) is 4.93 Å². The molecule has 0 atom stereocenters. The highest BCUT2D eigenvalue weighted by Gasteiger charge is 1.81. The lowest BCUT2D eigenvalue weighted by Crippen LogP contribution is -1.88. The molecule has 0 bridgehead atoms. The van der Waals surface area contributed by atoms with Crippen molar-refractivity contribution in [2.24, 2.45) is 0 Å². The molecule has 0 aromatic rings. The van der Waals surface area contributed by atoms with Crippen LogP contribution in [0.15, 0.2) is 0 Å². The lowest BCUT2D eigenvalue weighted by atomic mass is 12.0. The normalized spacial score (nSPS) is 9.14. The summed E-state index contributed by atoms with van der Waals surface area (Å²) in [5.41, 5.74) is 0. The Morgan fingerprint density at radius 1 is 1.43 bits per heavy atom. The van der Waals surface area contributed by atoms with E-state index in [4.69, 9.17) is 4.55 Å². The van der Waals surface area contributed by atoms with Crippen LogP contribution in [0.4, 0.5) is 0 Å². The molecule has 0 saturated heterocycles. The number of hydrogen-bond donors (Lipinski definition) is 1. The van der Waals surface area contributed by atoms with Gasteiger partial charge >= 0.3 is 0 Å². The molecule has 0 amide bonds. The molecule has 0 saturated carbocycles. The van der Waals surface area contributed by atoms with Crippen molar-refractivity contribution in [3.05, 3.63) is 0 Å². The molecule has 1 N–H and O–H groups in total. The summed E-state index contributed by atoms with van der Waals surface area (Å²) in [5, 5.41) is 0. The van der Waals surface area contributed by atoms with Gasteiger partial charge in [0, 0.05) is 0 Å². The maximum Gasteiger partial charge on any atom is 0.261 e. The quantitative estimate of drug-likeness (QED) is 0.381. The van der Waals surface area contributed by atoms with Gasteiger partial charge in [0.05, 0.1) is 6.26 Å². The summed E-state index contributed by atoms with van der Waals surface area (Å²) >= 11 is 2.15. The molecule has 0 fully saturated rings. The van der Waals surface area contributed by atoms with Crippen LogP contribution in [0, 0.1) is 0 Å². The van der Waals surface area contributed by atoms with Gasteiger partial charge in [0.1, 0.15) is 0 Å². The van der Waals surface area contributed by atoms with Crippen molar-refractivity contribution in [3.8, 4) is 0 Å². The van der Waals surface area contributed by atoms with E-state index in [1.165, 1.54) is 0 Å². The van der Waals surface area contributed by atoms with Gasteiger partial charge in [0.2, 0.25) is 0 Å². The second kappa shape index (κ2) is 4.79. The van der Waals surface area contributed by atoms with Crippen molar-refractivity contribution in [3.63, 3.8) is 0 Å². The van der Waals surface area contributed by atoms with Gasteiger partial charge in [-0.25, -0.2) is 0 Å². The first-order valence-electron chi connectivity index (χ1n) is 1.30. The molecule has 0 unspecified atom stereocenters. The molecule has 0 aromatic heterocycles. The zero-order valence-corrected chi connectivity index (χ0v) is 7.02. The molecule has 0 heterocycles. The third kappa shape index (κ3) is 349. The van der Waals surface area contributed by atoms with E-state index in [9.17, 15) is 8.42 Å². The molecular weight excluding hydrogens is 231 g/mol. The van der Waals surface area contributed by atoms with Gasteiger partial charge in [-0.05, 0) is 4.93 Å². The Hall–Kier alpha value is 0.640. The topological polar surface area (TPSA) is 54.4 Å². The zero-order chi connectivity index (χ0) is 6.50. The van der Waals surface area contributed by atoms with Crippen molar-refractivity contribution in [2.45, 2.75) is 0 Å². The van der Waals surface area contributed by atoms with E-state index in [0.717, 1.165) is 0 Å². The molecule has 46 valence electrons. The minimum absolute atomic E-state index is 0.715. The fourth-order valence-electron chi connectivity index (χ4n) is 0. The fraction of sp³-hybridized carbons (Fsp3) is 1.00. The van der Waals surface area contributed by atoms with E-state index in [-0.39, 0.29) is 0 Å². The molecule has 0 aliphatic heterocycles. The van der Waals surface area contributed by atoms with Gasteiger partial charge in [0.25, 0.3) is 10.1 Å². The molecule has 7 heavy (non-hydrogen) atoms. The molecule has 0 radical (unpaired) electrons. The summed E-state index contributed by atoms with van der Waals surface area (Å²) in [5.74, 6) is 0. The SMILES string of the molecule is CI.CS(=O)(=O)O. The Labute approximate surface area is 57.0 Å².